The average molecular weight is 468 g/mol. The minimum absolute atomic E-state index is 0.0339. The number of benzene rings is 1. The number of aryl methyl sites for hydroxylation is 3. The van der Waals surface area contributed by atoms with Crippen LogP contribution in [0.2, 0.25) is 0 Å². The maximum Gasteiger partial charge on any atom is 0.263 e. The van der Waals surface area contributed by atoms with Gasteiger partial charge in [0.25, 0.3) is 5.56 Å². The highest BCUT2D eigenvalue weighted by molar-refractivity contribution is 7.99. The number of thioether (sulfide) groups is 1. The van der Waals surface area contributed by atoms with Gasteiger partial charge in [0, 0.05) is 17.5 Å². The Bertz CT molecular complexity index is 1190. The molecule has 2 aromatic heterocycles. The fourth-order valence-electron chi connectivity index (χ4n) is 4.87. The molecule has 1 fully saturated rings. The lowest BCUT2D eigenvalue weighted by Crippen LogP contribution is -2.28. The van der Waals surface area contributed by atoms with Gasteiger partial charge in [-0.2, -0.15) is 0 Å². The number of thiophene rings is 1. The van der Waals surface area contributed by atoms with Crippen molar-refractivity contribution < 1.29 is 4.79 Å². The van der Waals surface area contributed by atoms with Crippen LogP contribution in [0.15, 0.2) is 34.2 Å². The van der Waals surface area contributed by atoms with E-state index in [-0.39, 0.29) is 23.3 Å². The Hall–Kier alpha value is -2.12. The Morgan fingerprint density at radius 2 is 1.91 bits per heavy atom. The number of amides is 1. The number of rotatable bonds is 6. The molecule has 1 aromatic carbocycles. The predicted molar refractivity (Wildman–Crippen MR) is 132 cm³/mol. The Balaban J connectivity index is 1.38. The van der Waals surface area contributed by atoms with E-state index in [2.05, 4.69) is 24.4 Å². The molecule has 0 unspecified atom stereocenters. The van der Waals surface area contributed by atoms with Crippen molar-refractivity contribution in [1.29, 1.82) is 0 Å². The Kier molecular flexibility index (Phi) is 6.37. The first-order chi connectivity index (χ1) is 15.6. The van der Waals surface area contributed by atoms with Crippen LogP contribution in [0.3, 0.4) is 0 Å². The molecule has 7 heteroatoms. The molecule has 0 aliphatic heterocycles. The van der Waals surface area contributed by atoms with Crippen molar-refractivity contribution in [3.8, 4) is 0 Å². The quantitative estimate of drug-likeness (QED) is 0.401. The molecule has 2 heterocycles. The summed E-state index contributed by atoms with van der Waals surface area (Å²) >= 11 is 3.08. The minimum atomic E-state index is -0.0339. The van der Waals surface area contributed by atoms with Crippen molar-refractivity contribution >= 4 is 39.2 Å². The van der Waals surface area contributed by atoms with Gasteiger partial charge in [-0.25, -0.2) is 4.98 Å². The van der Waals surface area contributed by atoms with E-state index in [4.69, 9.17) is 4.98 Å². The Morgan fingerprint density at radius 3 is 2.69 bits per heavy atom. The maximum atomic E-state index is 13.7. The molecule has 168 valence electrons. The molecule has 2 aliphatic carbocycles. The van der Waals surface area contributed by atoms with Gasteiger partial charge in [-0.3, -0.25) is 14.2 Å². The average Bonchev–Trinajstić information content (AvgIpc) is 3.45. The molecular formula is C25H29N3O2S2. The van der Waals surface area contributed by atoms with Crippen LogP contribution in [0.25, 0.3) is 10.2 Å². The van der Waals surface area contributed by atoms with Crippen molar-refractivity contribution in [2.24, 2.45) is 0 Å². The molecule has 1 saturated carbocycles. The molecule has 32 heavy (non-hydrogen) atoms. The number of hydrogen-bond acceptors (Lipinski definition) is 5. The first-order valence-electron chi connectivity index (χ1n) is 11.6. The second-order valence-corrected chi connectivity index (χ2v) is 11.0. The van der Waals surface area contributed by atoms with E-state index in [0.717, 1.165) is 60.7 Å². The lowest BCUT2D eigenvalue weighted by atomic mass is 9.97. The van der Waals surface area contributed by atoms with Gasteiger partial charge in [0.1, 0.15) is 4.83 Å². The van der Waals surface area contributed by atoms with Crippen LogP contribution in [0.5, 0.6) is 0 Å². The zero-order chi connectivity index (χ0) is 22.1. The summed E-state index contributed by atoms with van der Waals surface area (Å²) in [6, 6.07) is 8.38. The monoisotopic (exact) mass is 467 g/mol. The van der Waals surface area contributed by atoms with Crippen LogP contribution in [0, 0.1) is 6.92 Å². The van der Waals surface area contributed by atoms with Gasteiger partial charge in [0.15, 0.2) is 5.16 Å². The SMILES string of the molecule is Cc1ccc(CNC(=O)CSc2nc3sc4c(c3c(=O)n2C2CCCC2)CCCC4)cc1. The summed E-state index contributed by atoms with van der Waals surface area (Å²) in [5.74, 6) is 0.232. The normalized spacial score (nSPS) is 16.4. The highest BCUT2D eigenvalue weighted by Crippen LogP contribution is 2.37. The molecular weight excluding hydrogens is 438 g/mol. The molecule has 0 radical (unpaired) electrons. The summed E-state index contributed by atoms with van der Waals surface area (Å²) in [4.78, 5) is 33.4. The van der Waals surface area contributed by atoms with Crippen molar-refractivity contribution in [2.45, 2.75) is 76.0 Å². The molecule has 1 amide bonds. The number of nitrogens with one attached hydrogen (secondary N) is 1. The van der Waals surface area contributed by atoms with E-state index in [9.17, 15) is 9.59 Å². The molecule has 0 atom stereocenters. The highest BCUT2D eigenvalue weighted by Gasteiger charge is 2.27. The first-order valence-corrected chi connectivity index (χ1v) is 13.4. The number of carbonyl (C=O) groups is 1. The Morgan fingerprint density at radius 1 is 1.16 bits per heavy atom. The lowest BCUT2D eigenvalue weighted by Gasteiger charge is -2.18. The van der Waals surface area contributed by atoms with Crippen LogP contribution in [-0.2, 0) is 24.2 Å². The van der Waals surface area contributed by atoms with Crippen molar-refractivity contribution in [3.05, 3.63) is 56.2 Å². The second-order valence-electron chi connectivity index (χ2n) is 8.95. The summed E-state index contributed by atoms with van der Waals surface area (Å²) < 4.78 is 1.93. The van der Waals surface area contributed by atoms with Crippen molar-refractivity contribution in [2.75, 3.05) is 5.75 Å². The van der Waals surface area contributed by atoms with Crippen LogP contribution >= 0.6 is 23.1 Å². The van der Waals surface area contributed by atoms with E-state index >= 15 is 0 Å². The third kappa shape index (κ3) is 4.37. The molecule has 0 spiro atoms. The van der Waals surface area contributed by atoms with Crippen LogP contribution < -0.4 is 10.9 Å². The molecule has 0 saturated heterocycles. The number of nitrogens with zero attached hydrogens (tertiary/aromatic N) is 2. The third-order valence-electron chi connectivity index (χ3n) is 6.62. The van der Waals surface area contributed by atoms with Gasteiger partial charge in [-0.1, -0.05) is 54.4 Å². The highest BCUT2D eigenvalue weighted by atomic mass is 32.2. The number of fused-ring (bicyclic) bond motifs is 3. The van der Waals surface area contributed by atoms with Gasteiger partial charge < -0.3 is 5.32 Å². The number of carbonyl (C=O) groups excluding carboxylic acids is 1. The zero-order valence-electron chi connectivity index (χ0n) is 18.5. The zero-order valence-corrected chi connectivity index (χ0v) is 20.1. The summed E-state index contributed by atoms with van der Waals surface area (Å²) in [5, 5.41) is 4.56. The van der Waals surface area contributed by atoms with Gasteiger partial charge in [0.05, 0.1) is 11.1 Å². The molecule has 1 N–H and O–H groups in total. The standard InChI is InChI=1S/C25H29N3O2S2/c1-16-10-12-17(13-11-16)14-26-21(29)15-31-25-27-23-22(19-8-4-5-9-20(19)32-23)24(30)28(25)18-6-2-3-7-18/h10-13,18H,2-9,14-15H2,1H3,(H,26,29). The van der Waals surface area contributed by atoms with E-state index in [1.54, 1.807) is 11.3 Å². The maximum absolute atomic E-state index is 13.7. The summed E-state index contributed by atoms with van der Waals surface area (Å²) in [5.41, 5.74) is 3.65. The number of hydrogen-bond donors (Lipinski definition) is 1. The fourth-order valence-corrected chi connectivity index (χ4v) is 7.07. The Labute approximate surface area is 196 Å². The summed E-state index contributed by atoms with van der Waals surface area (Å²) in [6.45, 7) is 2.57. The van der Waals surface area contributed by atoms with E-state index < -0.39 is 0 Å². The summed E-state index contributed by atoms with van der Waals surface area (Å²) in [6.07, 6.45) is 8.74. The van der Waals surface area contributed by atoms with Crippen molar-refractivity contribution in [1.82, 2.24) is 14.9 Å². The smallest absolute Gasteiger partial charge is 0.263 e. The topological polar surface area (TPSA) is 64.0 Å². The predicted octanol–water partition coefficient (Wildman–Crippen LogP) is 5.17. The van der Waals surface area contributed by atoms with E-state index in [1.165, 1.54) is 34.2 Å². The van der Waals surface area contributed by atoms with Gasteiger partial charge >= 0.3 is 0 Å². The van der Waals surface area contributed by atoms with Crippen molar-refractivity contribution in [3.63, 3.8) is 0 Å². The van der Waals surface area contributed by atoms with Crippen LogP contribution in [0.4, 0.5) is 0 Å². The lowest BCUT2D eigenvalue weighted by molar-refractivity contribution is -0.118. The first kappa shape index (κ1) is 21.7. The van der Waals surface area contributed by atoms with Gasteiger partial charge in [0.2, 0.25) is 5.91 Å². The van der Waals surface area contributed by atoms with E-state index in [1.807, 2.05) is 16.7 Å². The number of aromatic nitrogens is 2. The summed E-state index contributed by atoms with van der Waals surface area (Å²) in [7, 11) is 0. The van der Waals surface area contributed by atoms with Crippen LogP contribution in [0.1, 0.15) is 66.1 Å². The van der Waals surface area contributed by atoms with Gasteiger partial charge in [-0.15, -0.1) is 11.3 Å². The molecule has 5 nitrogen and oxygen atoms in total. The fraction of sp³-hybridized carbons (Fsp3) is 0.480. The largest absolute Gasteiger partial charge is 0.351 e. The molecule has 5 rings (SSSR count). The third-order valence-corrected chi connectivity index (χ3v) is 8.76. The van der Waals surface area contributed by atoms with E-state index in [0.29, 0.717) is 11.7 Å². The second kappa shape index (κ2) is 9.40. The van der Waals surface area contributed by atoms with Crippen LogP contribution in [-0.4, -0.2) is 21.2 Å². The molecule has 0 bridgehead atoms. The minimum Gasteiger partial charge on any atom is -0.351 e. The molecule has 3 aromatic rings. The van der Waals surface area contributed by atoms with Gasteiger partial charge in [-0.05, 0) is 56.6 Å². The molecule has 2 aliphatic rings.